The summed E-state index contributed by atoms with van der Waals surface area (Å²) in [5, 5.41) is 8.62. The quantitative estimate of drug-likeness (QED) is 0.853. The van der Waals surface area contributed by atoms with Crippen LogP contribution in [0.1, 0.15) is 34.5 Å². The maximum atomic E-state index is 12.7. The van der Waals surface area contributed by atoms with Gasteiger partial charge in [-0.05, 0) is 61.6 Å². The number of carboxylic acids is 1. The predicted molar refractivity (Wildman–Crippen MR) is 96.0 cm³/mol. The van der Waals surface area contributed by atoms with Crippen molar-refractivity contribution in [3.63, 3.8) is 0 Å². The number of hydrogen-bond donors (Lipinski definition) is 2. The molecule has 26 heavy (non-hydrogen) atoms. The number of benzene rings is 1. The zero-order valence-corrected chi connectivity index (χ0v) is 14.4. The highest BCUT2D eigenvalue weighted by molar-refractivity contribution is 6.05. The number of carbonyl (C=O) groups excluding carboxylic acids is 1. The molecule has 136 valence electrons. The van der Waals surface area contributed by atoms with Crippen molar-refractivity contribution in [1.29, 1.82) is 0 Å². The maximum absolute atomic E-state index is 12.7. The van der Waals surface area contributed by atoms with Gasteiger partial charge in [0.25, 0.3) is 11.5 Å². The molecule has 7 heteroatoms. The van der Waals surface area contributed by atoms with Gasteiger partial charge in [-0.25, -0.2) is 4.79 Å². The van der Waals surface area contributed by atoms with E-state index in [2.05, 4.69) is 4.98 Å². The first-order chi connectivity index (χ1) is 12.5. The van der Waals surface area contributed by atoms with Gasteiger partial charge in [0.2, 0.25) is 0 Å². The van der Waals surface area contributed by atoms with Crippen LogP contribution in [0, 0.1) is 0 Å². The van der Waals surface area contributed by atoms with Crippen LogP contribution < -0.4 is 15.2 Å². The second-order valence-corrected chi connectivity index (χ2v) is 6.26. The van der Waals surface area contributed by atoms with E-state index < -0.39 is 12.6 Å². The Labute approximate surface area is 150 Å². The van der Waals surface area contributed by atoms with Gasteiger partial charge in [0.1, 0.15) is 11.3 Å². The van der Waals surface area contributed by atoms with Crippen LogP contribution in [-0.4, -0.2) is 35.6 Å². The number of fused-ring (bicyclic) bond motifs is 1. The maximum Gasteiger partial charge on any atom is 0.341 e. The highest BCUT2D eigenvalue weighted by Gasteiger charge is 2.20. The van der Waals surface area contributed by atoms with Crippen molar-refractivity contribution < 1.29 is 19.4 Å². The topological polar surface area (TPSA) is 99.7 Å². The lowest BCUT2D eigenvalue weighted by Gasteiger charge is -2.20. The summed E-state index contributed by atoms with van der Waals surface area (Å²) in [6.45, 7) is -0.432. The van der Waals surface area contributed by atoms with E-state index in [1.54, 1.807) is 37.4 Å². The number of nitrogens with zero attached hydrogens (tertiary/aromatic N) is 1. The zero-order valence-electron chi connectivity index (χ0n) is 14.4. The fourth-order valence-corrected chi connectivity index (χ4v) is 3.04. The number of anilines is 1. The minimum atomic E-state index is -1.06. The number of aryl methyl sites for hydroxylation is 2. The lowest BCUT2D eigenvalue weighted by Crippen LogP contribution is -2.32. The standard InChI is InChI=1S/C19H20N2O5/c1-21(13-6-8-14(9-7-13)26-11-17(22)23)19(25)15-10-12-4-2-3-5-16(12)20-18(15)24/h6-10H,2-5,11H2,1H3,(H,20,24)(H,22,23). The van der Waals surface area contributed by atoms with Crippen molar-refractivity contribution in [2.45, 2.75) is 25.7 Å². The van der Waals surface area contributed by atoms with Crippen molar-refractivity contribution in [1.82, 2.24) is 4.98 Å². The van der Waals surface area contributed by atoms with Crippen LogP contribution >= 0.6 is 0 Å². The summed E-state index contributed by atoms with van der Waals surface area (Å²) < 4.78 is 5.07. The number of aromatic amines is 1. The number of rotatable bonds is 5. The van der Waals surface area contributed by atoms with Crippen LogP contribution in [0.15, 0.2) is 35.1 Å². The first kappa shape index (κ1) is 17.7. The molecule has 1 aliphatic rings. The molecular weight excluding hydrogens is 336 g/mol. The summed E-state index contributed by atoms with van der Waals surface area (Å²) in [5.74, 6) is -1.06. The fourth-order valence-electron chi connectivity index (χ4n) is 3.04. The number of H-pyrrole nitrogens is 1. The molecule has 7 nitrogen and oxygen atoms in total. The van der Waals surface area contributed by atoms with Crippen LogP contribution in [0.25, 0.3) is 0 Å². The number of aromatic nitrogens is 1. The third-order valence-corrected chi connectivity index (χ3v) is 4.46. The number of pyridine rings is 1. The molecule has 1 aromatic heterocycles. The van der Waals surface area contributed by atoms with Gasteiger partial charge in [0.05, 0.1) is 0 Å². The summed E-state index contributed by atoms with van der Waals surface area (Å²) in [7, 11) is 1.59. The Morgan fingerprint density at radius 2 is 1.88 bits per heavy atom. The molecule has 0 unspecified atom stereocenters. The smallest absolute Gasteiger partial charge is 0.341 e. The molecule has 1 amide bonds. The lowest BCUT2D eigenvalue weighted by atomic mass is 9.95. The first-order valence-electron chi connectivity index (χ1n) is 8.43. The second kappa shape index (κ2) is 7.43. The molecule has 0 fully saturated rings. The van der Waals surface area contributed by atoms with Crippen molar-refractivity contribution in [3.8, 4) is 5.75 Å². The molecular formula is C19H20N2O5. The van der Waals surface area contributed by atoms with Crippen LogP contribution in [0.3, 0.4) is 0 Å². The molecule has 0 bridgehead atoms. The fraction of sp³-hybridized carbons (Fsp3) is 0.316. The minimum Gasteiger partial charge on any atom is -0.482 e. The normalized spacial score (nSPS) is 13.0. The van der Waals surface area contributed by atoms with Crippen LogP contribution in [-0.2, 0) is 17.6 Å². The average molecular weight is 356 g/mol. The number of hydrogen-bond acceptors (Lipinski definition) is 4. The molecule has 2 N–H and O–H groups in total. The Morgan fingerprint density at radius 3 is 2.58 bits per heavy atom. The Morgan fingerprint density at radius 1 is 1.19 bits per heavy atom. The summed E-state index contributed by atoms with van der Waals surface area (Å²) in [6.07, 6.45) is 3.81. The Hall–Kier alpha value is -3.09. The van der Waals surface area contributed by atoms with Crippen molar-refractivity contribution in [2.24, 2.45) is 0 Å². The third-order valence-electron chi connectivity index (χ3n) is 4.46. The molecule has 0 spiro atoms. The SMILES string of the molecule is CN(C(=O)c1cc2c([nH]c1=O)CCCC2)c1ccc(OCC(=O)O)cc1. The average Bonchev–Trinajstić information content (AvgIpc) is 2.65. The van der Waals surface area contributed by atoms with Gasteiger partial charge in [-0.3, -0.25) is 9.59 Å². The van der Waals surface area contributed by atoms with Crippen molar-refractivity contribution in [3.05, 3.63) is 57.5 Å². The lowest BCUT2D eigenvalue weighted by molar-refractivity contribution is -0.139. The monoisotopic (exact) mass is 356 g/mol. The molecule has 0 radical (unpaired) electrons. The van der Waals surface area contributed by atoms with E-state index >= 15 is 0 Å². The number of nitrogens with one attached hydrogen (secondary N) is 1. The Bertz CT molecular complexity index is 886. The molecule has 0 saturated carbocycles. The predicted octanol–water partition coefficient (Wildman–Crippen LogP) is 1.99. The van der Waals surface area contributed by atoms with Gasteiger partial charge >= 0.3 is 5.97 Å². The summed E-state index contributed by atoms with van der Waals surface area (Å²) in [6, 6.07) is 8.15. The number of aliphatic carboxylic acids is 1. The number of ether oxygens (including phenoxy) is 1. The molecule has 2 aromatic rings. The van der Waals surface area contributed by atoms with E-state index in [0.717, 1.165) is 36.9 Å². The van der Waals surface area contributed by atoms with Gasteiger partial charge < -0.3 is 19.7 Å². The van der Waals surface area contributed by atoms with Gasteiger partial charge in [-0.1, -0.05) is 0 Å². The number of carboxylic acid groups (broad SMARTS) is 1. The van der Waals surface area contributed by atoms with E-state index in [0.29, 0.717) is 11.4 Å². The molecule has 1 aromatic carbocycles. The van der Waals surface area contributed by atoms with E-state index in [-0.39, 0.29) is 17.0 Å². The van der Waals surface area contributed by atoms with Crippen LogP contribution in [0.2, 0.25) is 0 Å². The Kier molecular flexibility index (Phi) is 5.06. The molecule has 3 rings (SSSR count). The highest BCUT2D eigenvalue weighted by Crippen LogP contribution is 2.22. The van der Waals surface area contributed by atoms with Gasteiger partial charge in [-0.15, -0.1) is 0 Å². The van der Waals surface area contributed by atoms with Crippen LogP contribution in [0.4, 0.5) is 5.69 Å². The minimum absolute atomic E-state index is 0.124. The van der Waals surface area contributed by atoms with E-state index in [9.17, 15) is 14.4 Å². The summed E-state index contributed by atoms with van der Waals surface area (Å²) >= 11 is 0. The number of amides is 1. The number of carbonyl (C=O) groups is 2. The van der Waals surface area contributed by atoms with E-state index in [4.69, 9.17) is 9.84 Å². The highest BCUT2D eigenvalue weighted by atomic mass is 16.5. The molecule has 0 saturated heterocycles. The molecule has 1 aliphatic carbocycles. The zero-order chi connectivity index (χ0) is 18.7. The summed E-state index contributed by atoms with van der Waals surface area (Å²) in [5.41, 5.74) is 2.29. The molecule has 0 atom stereocenters. The summed E-state index contributed by atoms with van der Waals surface area (Å²) in [4.78, 5) is 39.8. The van der Waals surface area contributed by atoms with Gasteiger partial charge in [0.15, 0.2) is 6.61 Å². The molecule has 0 aliphatic heterocycles. The third kappa shape index (κ3) is 3.77. The largest absolute Gasteiger partial charge is 0.482 e. The van der Waals surface area contributed by atoms with Gasteiger partial charge in [0, 0.05) is 18.4 Å². The first-order valence-corrected chi connectivity index (χ1v) is 8.43. The molecule has 1 heterocycles. The van der Waals surface area contributed by atoms with Crippen molar-refractivity contribution in [2.75, 3.05) is 18.6 Å². The van der Waals surface area contributed by atoms with Gasteiger partial charge in [-0.2, -0.15) is 0 Å². The van der Waals surface area contributed by atoms with Crippen LogP contribution in [0.5, 0.6) is 5.75 Å². The second-order valence-electron chi connectivity index (χ2n) is 6.26. The Balaban J connectivity index is 1.79. The van der Waals surface area contributed by atoms with E-state index in [1.807, 2.05) is 0 Å². The van der Waals surface area contributed by atoms with Crippen molar-refractivity contribution >= 4 is 17.6 Å². The van der Waals surface area contributed by atoms with E-state index in [1.165, 1.54) is 4.90 Å².